The van der Waals surface area contributed by atoms with E-state index in [0.29, 0.717) is 37.4 Å². The van der Waals surface area contributed by atoms with Crippen molar-refractivity contribution in [1.29, 1.82) is 0 Å². The van der Waals surface area contributed by atoms with E-state index in [1.54, 1.807) is 6.07 Å². The summed E-state index contributed by atoms with van der Waals surface area (Å²) in [5, 5.41) is 3.35. The molecule has 0 saturated carbocycles. The van der Waals surface area contributed by atoms with Crippen LogP contribution in [0.2, 0.25) is 0 Å². The molecule has 170 valence electrons. The number of hydrogen-bond acceptors (Lipinski definition) is 2. The molecule has 1 amide bonds. The van der Waals surface area contributed by atoms with E-state index in [1.165, 1.54) is 11.6 Å². The lowest BCUT2D eigenvalue weighted by Crippen LogP contribution is -2.41. The summed E-state index contributed by atoms with van der Waals surface area (Å²) in [5.74, 6) is -0.310. The van der Waals surface area contributed by atoms with Crippen LogP contribution in [-0.4, -0.2) is 49.5 Å². The molecule has 2 aliphatic heterocycles. The smallest absolute Gasteiger partial charge is 0.222 e. The lowest BCUT2D eigenvalue weighted by atomic mass is 9.98. The Morgan fingerprint density at radius 2 is 2.03 bits per heavy atom. The number of para-hydroxylation sites is 1. The van der Waals surface area contributed by atoms with E-state index in [4.69, 9.17) is 4.99 Å². The van der Waals surface area contributed by atoms with Gasteiger partial charge < -0.3 is 15.1 Å². The van der Waals surface area contributed by atoms with Crippen molar-refractivity contribution < 1.29 is 13.6 Å². The average molecular weight is 441 g/mol. The van der Waals surface area contributed by atoms with Crippen molar-refractivity contribution in [2.75, 3.05) is 37.6 Å². The van der Waals surface area contributed by atoms with Gasteiger partial charge in [0.05, 0.1) is 0 Å². The predicted molar refractivity (Wildman–Crippen MR) is 123 cm³/mol. The zero-order valence-corrected chi connectivity index (χ0v) is 18.5. The Bertz CT molecular complexity index is 994. The summed E-state index contributed by atoms with van der Waals surface area (Å²) in [6.45, 7) is 5.49. The zero-order chi connectivity index (χ0) is 22.5. The number of nitrogens with zero attached hydrogens (tertiary/aromatic N) is 3. The van der Waals surface area contributed by atoms with Crippen molar-refractivity contribution in [2.45, 2.75) is 38.5 Å². The van der Waals surface area contributed by atoms with Gasteiger partial charge in [-0.2, -0.15) is 0 Å². The molecule has 32 heavy (non-hydrogen) atoms. The highest BCUT2D eigenvalue weighted by molar-refractivity contribution is 5.98. The molecule has 0 radical (unpaired) electrons. The number of carbonyl (C=O) groups is 1. The maximum Gasteiger partial charge on any atom is 0.222 e. The molecule has 2 aromatic carbocycles. The Morgan fingerprint density at radius 3 is 2.81 bits per heavy atom. The molecular formula is C25H30F2N4O. The Kier molecular flexibility index (Phi) is 7.02. The summed E-state index contributed by atoms with van der Waals surface area (Å²) in [5.41, 5.74) is 2.71. The van der Waals surface area contributed by atoms with Gasteiger partial charge in [0.1, 0.15) is 0 Å². The molecule has 1 saturated heterocycles. The van der Waals surface area contributed by atoms with Crippen molar-refractivity contribution >= 4 is 17.6 Å². The van der Waals surface area contributed by atoms with Crippen molar-refractivity contribution in [3.63, 3.8) is 0 Å². The highest BCUT2D eigenvalue weighted by Crippen LogP contribution is 2.38. The van der Waals surface area contributed by atoms with Crippen molar-refractivity contribution in [3.8, 4) is 0 Å². The number of anilines is 1. The summed E-state index contributed by atoms with van der Waals surface area (Å²) in [6, 6.07) is 12.6. The third-order valence-corrected chi connectivity index (χ3v) is 6.25. The molecule has 0 spiro atoms. The van der Waals surface area contributed by atoms with Crippen LogP contribution in [0.15, 0.2) is 47.5 Å². The molecule has 2 aromatic rings. The molecule has 4 rings (SSSR count). The van der Waals surface area contributed by atoms with Gasteiger partial charge in [-0.25, -0.2) is 8.78 Å². The van der Waals surface area contributed by atoms with Gasteiger partial charge in [0, 0.05) is 50.7 Å². The quantitative estimate of drug-likeness (QED) is 0.521. The third-order valence-electron chi connectivity index (χ3n) is 6.25. The van der Waals surface area contributed by atoms with Crippen LogP contribution >= 0.6 is 0 Å². The second-order valence-electron chi connectivity index (χ2n) is 8.34. The van der Waals surface area contributed by atoms with Gasteiger partial charge in [-0.1, -0.05) is 30.3 Å². The summed E-state index contributed by atoms with van der Waals surface area (Å²) in [4.78, 5) is 20.9. The molecule has 7 heteroatoms. The molecule has 0 aromatic heterocycles. The number of likely N-dealkylation sites (tertiary alicyclic amines) is 1. The predicted octanol–water partition coefficient (Wildman–Crippen LogP) is 4.09. The average Bonchev–Trinajstić information content (AvgIpc) is 3.38. The van der Waals surface area contributed by atoms with E-state index in [1.807, 2.05) is 24.0 Å². The summed E-state index contributed by atoms with van der Waals surface area (Å²) in [6.07, 6.45) is 2.85. The molecular weight excluding hydrogens is 410 g/mol. The van der Waals surface area contributed by atoms with Crippen LogP contribution in [-0.2, 0) is 11.2 Å². The third kappa shape index (κ3) is 4.76. The van der Waals surface area contributed by atoms with Crippen molar-refractivity contribution in [1.82, 2.24) is 10.2 Å². The maximum atomic E-state index is 14.0. The molecule has 1 fully saturated rings. The monoisotopic (exact) mass is 440 g/mol. The van der Waals surface area contributed by atoms with Crippen LogP contribution in [0.25, 0.3) is 0 Å². The molecule has 2 heterocycles. The number of nitrogens with one attached hydrogen (secondary N) is 1. The Balaban J connectivity index is 1.48. The van der Waals surface area contributed by atoms with Gasteiger partial charge in [0.2, 0.25) is 5.91 Å². The Morgan fingerprint density at radius 1 is 1.19 bits per heavy atom. The highest BCUT2D eigenvalue weighted by Gasteiger charge is 2.32. The first-order valence-electron chi connectivity index (χ1n) is 11.4. The highest BCUT2D eigenvalue weighted by atomic mass is 19.2. The number of rotatable bonds is 7. The molecule has 2 aliphatic rings. The van der Waals surface area contributed by atoms with Gasteiger partial charge in [-0.05, 0) is 49.4 Å². The first kappa shape index (κ1) is 22.2. The lowest BCUT2D eigenvalue weighted by molar-refractivity contribution is -0.127. The minimum atomic E-state index is -0.828. The van der Waals surface area contributed by atoms with E-state index >= 15 is 0 Å². The van der Waals surface area contributed by atoms with Crippen molar-refractivity contribution in [3.05, 3.63) is 65.2 Å². The maximum absolute atomic E-state index is 14.0. The SMILES string of the molecule is CCNC(=NCCc1cccc(F)c1F)N1CC(CCN2CCCC2=O)c2ccccc21. The summed E-state index contributed by atoms with van der Waals surface area (Å²) in [7, 11) is 0. The van der Waals surface area contributed by atoms with Gasteiger partial charge in [0.25, 0.3) is 0 Å². The van der Waals surface area contributed by atoms with E-state index < -0.39 is 11.6 Å². The molecule has 1 unspecified atom stereocenters. The summed E-state index contributed by atoms with van der Waals surface area (Å²) < 4.78 is 27.5. The molecule has 1 atom stereocenters. The molecule has 1 N–H and O–H groups in total. The minimum Gasteiger partial charge on any atom is -0.356 e. The van der Waals surface area contributed by atoms with Gasteiger partial charge in [-0.15, -0.1) is 0 Å². The van der Waals surface area contributed by atoms with E-state index in [-0.39, 0.29) is 5.91 Å². The van der Waals surface area contributed by atoms with Crippen LogP contribution in [0.5, 0.6) is 0 Å². The van der Waals surface area contributed by atoms with E-state index in [0.717, 1.165) is 50.2 Å². The van der Waals surface area contributed by atoms with Crippen LogP contribution in [0.1, 0.15) is 43.2 Å². The van der Waals surface area contributed by atoms with E-state index in [9.17, 15) is 13.6 Å². The number of fused-ring (bicyclic) bond motifs is 1. The van der Waals surface area contributed by atoms with Gasteiger partial charge >= 0.3 is 0 Å². The molecule has 0 aliphatic carbocycles. The second kappa shape index (κ2) is 10.1. The first-order chi connectivity index (χ1) is 15.6. The number of guanidine groups is 1. The van der Waals surface area contributed by atoms with Gasteiger partial charge in [0.15, 0.2) is 17.6 Å². The number of hydrogen-bond donors (Lipinski definition) is 1. The van der Waals surface area contributed by atoms with Gasteiger partial charge in [-0.3, -0.25) is 9.79 Å². The Labute approximate surface area is 188 Å². The van der Waals surface area contributed by atoms with Crippen LogP contribution < -0.4 is 10.2 Å². The molecule has 0 bridgehead atoms. The van der Waals surface area contributed by atoms with Crippen molar-refractivity contribution in [2.24, 2.45) is 4.99 Å². The summed E-state index contributed by atoms with van der Waals surface area (Å²) >= 11 is 0. The largest absolute Gasteiger partial charge is 0.356 e. The van der Waals surface area contributed by atoms with E-state index in [2.05, 4.69) is 22.3 Å². The van der Waals surface area contributed by atoms with Crippen LogP contribution in [0, 0.1) is 11.6 Å². The second-order valence-corrected chi connectivity index (χ2v) is 8.34. The zero-order valence-electron chi connectivity index (χ0n) is 18.5. The standard InChI is InChI=1S/C25H30F2N4O/c1-2-28-25(29-14-12-18-7-5-9-21(26)24(18)27)31-17-19(20-8-3-4-10-22(20)31)13-16-30-15-6-11-23(30)32/h3-5,7-10,19H,2,6,11-17H2,1H3,(H,28,29). The normalized spacial score (nSPS) is 18.4. The molecule has 5 nitrogen and oxygen atoms in total. The number of amides is 1. The fourth-order valence-corrected chi connectivity index (χ4v) is 4.61. The number of aliphatic imine (C=N–C) groups is 1. The first-order valence-corrected chi connectivity index (χ1v) is 11.4. The Hall–Kier alpha value is -2.96. The number of benzene rings is 2. The van der Waals surface area contributed by atoms with Crippen LogP contribution in [0.3, 0.4) is 0 Å². The fraction of sp³-hybridized carbons (Fsp3) is 0.440. The minimum absolute atomic E-state index is 0.257. The number of carbonyl (C=O) groups excluding carboxylic acids is 1. The van der Waals surface area contributed by atoms with Crippen LogP contribution in [0.4, 0.5) is 14.5 Å². The topological polar surface area (TPSA) is 47.9 Å². The number of halogens is 2. The lowest BCUT2D eigenvalue weighted by Gasteiger charge is -2.23. The fourth-order valence-electron chi connectivity index (χ4n) is 4.61.